The fraction of sp³-hybridized carbons (Fsp3) is 0.320. The number of allylic oxidation sites excluding steroid dienone is 1. The van der Waals surface area contributed by atoms with Crippen LogP contribution in [0, 0.1) is 0 Å². The molecule has 8 heteroatoms. The number of benzene rings is 1. The highest BCUT2D eigenvalue weighted by Crippen LogP contribution is 2.21. The highest BCUT2D eigenvalue weighted by Gasteiger charge is 2.20. The molecule has 1 unspecified atom stereocenters. The fourth-order valence-corrected chi connectivity index (χ4v) is 5.64. The summed E-state index contributed by atoms with van der Waals surface area (Å²) in [7, 11) is -3.36. The average Bonchev–Trinajstić information content (AvgIpc) is 3.33. The quantitative estimate of drug-likeness (QED) is 0.557. The summed E-state index contributed by atoms with van der Waals surface area (Å²) in [6, 6.07) is 10.8. The highest BCUT2D eigenvalue weighted by molar-refractivity contribution is 7.90. The van der Waals surface area contributed by atoms with Crippen molar-refractivity contribution in [2.24, 2.45) is 4.99 Å². The van der Waals surface area contributed by atoms with Crippen molar-refractivity contribution in [3.63, 3.8) is 0 Å². The number of aromatic nitrogens is 1. The molecule has 2 aliphatic rings. The molecule has 3 heterocycles. The predicted octanol–water partition coefficient (Wildman–Crippen LogP) is 2.94. The minimum Gasteiger partial charge on any atom is -0.376 e. The van der Waals surface area contributed by atoms with Gasteiger partial charge in [-0.15, -0.1) is 0 Å². The topological polar surface area (TPSA) is 94.9 Å². The number of sulfone groups is 1. The van der Waals surface area contributed by atoms with Crippen LogP contribution in [0.1, 0.15) is 17.5 Å². The van der Waals surface area contributed by atoms with Crippen molar-refractivity contribution in [1.29, 1.82) is 0 Å². The third-order valence-electron chi connectivity index (χ3n) is 5.95. The second-order valence-electron chi connectivity index (χ2n) is 8.34. The molecule has 5 rings (SSSR count). The Balaban J connectivity index is 1.47. The van der Waals surface area contributed by atoms with E-state index in [1.54, 1.807) is 30.6 Å². The molecule has 2 aromatic carbocycles. The number of hydrogen-bond acceptors (Lipinski definition) is 7. The first-order chi connectivity index (χ1) is 16.0. The van der Waals surface area contributed by atoms with Gasteiger partial charge < -0.3 is 9.47 Å². The van der Waals surface area contributed by atoms with Crippen LogP contribution in [0.25, 0.3) is 27.2 Å². The maximum atomic E-state index is 13.4. The Morgan fingerprint density at radius 3 is 2.73 bits per heavy atom. The van der Waals surface area contributed by atoms with Crippen LogP contribution in [-0.4, -0.2) is 57.8 Å². The lowest BCUT2D eigenvalue weighted by atomic mass is 10.1. The molecule has 33 heavy (non-hydrogen) atoms. The van der Waals surface area contributed by atoms with Gasteiger partial charge >= 0.3 is 0 Å². The zero-order valence-corrected chi connectivity index (χ0v) is 18.9. The first kappa shape index (κ1) is 21.9. The zero-order chi connectivity index (χ0) is 22.8. The van der Waals surface area contributed by atoms with E-state index in [1.165, 1.54) is 0 Å². The SMILES string of the molecule is O=c1c2cc(CS(=O)(=O)CCC3COCCO3)ccc2ccc2ncc(C3=CCN=C3)cc12. The number of rotatable bonds is 6. The van der Waals surface area contributed by atoms with Gasteiger partial charge in [-0.1, -0.05) is 24.3 Å². The van der Waals surface area contributed by atoms with Crippen LogP contribution in [0.4, 0.5) is 0 Å². The molecule has 0 bridgehead atoms. The molecule has 1 fully saturated rings. The van der Waals surface area contributed by atoms with Gasteiger partial charge in [0, 0.05) is 28.7 Å². The van der Waals surface area contributed by atoms with Crippen molar-refractivity contribution in [3.8, 4) is 0 Å². The summed E-state index contributed by atoms with van der Waals surface area (Å²) in [6.07, 6.45) is 5.72. The summed E-state index contributed by atoms with van der Waals surface area (Å²) in [4.78, 5) is 22.1. The minimum atomic E-state index is -3.36. The summed E-state index contributed by atoms with van der Waals surface area (Å²) < 4.78 is 36.3. The van der Waals surface area contributed by atoms with Crippen molar-refractivity contribution in [3.05, 3.63) is 70.0 Å². The van der Waals surface area contributed by atoms with Crippen molar-refractivity contribution >= 4 is 43.3 Å². The van der Waals surface area contributed by atoms with E-state index >= 15 is 0 Å². The standard InChI is InChI=1S/C25H24N2O5S/c28-25-22-11-17(16-33(29,30)10-6-21-15-31-8-9-32-21)1-2-18(22)3-4-24-23(25)12-20(14-27-24)19-5-7-26-13-19/h1-5,11-14,21H,6-10,15-16H2. The molecule has 170 valence electrons. The largest absolute Gasteiger partial charge is 0.376 e. The van der Waals surface area contributed by atoms with Crippen LogP contribution in [0.2, 0.25) is 0 Å². The lowest BCUT2D eigenvalue weighted by molar-refractivity contribution is -0.0884. The molecular formula is C25H24N2O5S. The number of nitrogens with zero attached hydrogens (tertiary/aromatic N) is 2. The Hall–Kier alpha value is -2.94. The van der Waals surface area contributed by atoms with Crippen molar-refractivity contribution < 1.29 is 17.9 Å². The van der Waals surface area contributed by atoms with Crippen LogP contribution in [0.5, 0.6) is 0 Å². The second kappa shape index (κ2) is 9.13. The monoisotopic (exact) mass is 464 g/mol. The van der Waals surface area contributed by atoms with Crippen molar-refractivity contribution in [1.82, 2.24) is 4.98 Å². The number of aliphatic imine (C=N–C) groups is 1. The van der Waals surface area contributed by atoms with Gasteiger partial charge in [-0.2, -0.15) is 0 Å². The van der Waals surface area contributed by atoms with Gasteiger partial charge in [-0.3, -0.25) is 14.8 Å². The Morgan fingerprint density at radius 2 is 1.94 bits per heavy atom. The van der Waals surface area contributed by atoms with Gasteiger partial charge in [0.2, 0.25) is 0 Å². The smallest absolute Gasteiger partial charge is 0.195 e. The molecule has 0 spiro atoms. The van der Waals surface area contributed by atoms with Gasteiger partial charge in [0.1, 0.15) is 0 Å². The molecule has 0 amide bonds. The Kier molecular flexibility index (Phi) is 6.05. The second-order valence-corrected chi connectivity index (χ2v) is 10.5. The number of pyridine rings is 1. The third kappa shape index (κ3) is 4.88. The average molecular weight is 465 g/mol. The maximum Gasteiger partial charge on any atom is 0.195 e. The summed E-state index contributed by atoms with van der Waals surface area (Å²) in [5, 5.41) is 1.72. The molecule has 0 N–H and O–H groups in total. The zero-order valence-electron chi connectivity index (χ0n) is 18.1. The van der Waals surface area contributed by atoms with Gasteiger partial charge in [-0.25, -0.2) is 8.42 Å². The van der Waals surface area contributed by atoms with Crippen LogP contribution in [0.3, 0.4) is 0 Å². The maximum absolute atomic E-state index is 13.4. The first-order valence-corrected chi connectivity index (χ1v) is 12.8. The van der Waals surface area contributed by atoms with E-state index in [1.807, 2.05) is 24.3 Å². The summed E-state index contributed by atoms with van der Waals surface area (Å²) >= 11 is 0. The Bertz CT molecular complexity index is 1440. The number of ether oxygens (including phenoxy) is 2. The lowest BCUT2D eigenvalue weighted by Crippen LogP contribution is -2.30. The van der Waals surface area contributed by atoms with Crippen molar-refractivity contribution in [2.45, 2.75) is 18.3 Å². The lowest BCUT2D eigenvalue weighted by Gasteiger charge is -2.22. The van der Waals surface area contributed by atoms with E-state index in [4.69, 9.17) is 9.47 Å². The molecule has 1 aromatic heterocycles. The van der Waals surface area contributed by atoms with E-state index in [9.17, 15) is 13.2 Å². The third-order valence-corrected chi connectivity index (χ3v) is 7.58. The predicted molar refractivity (Wildman–Crippen MR) is 130 cm³/mol. The van der Waals surface area contributed by atoms with Crippen LogP contribution in [-0.2, 0) is 25.1 Å². The van der Waals surface area contributed by atoms with Crippen LogP contribution >= 0.6 is 0 Å². The van der Waals surface area contributed by atoms with Gasteiger partial charge in [-0.05, 0) is 41.1 Å². The molecule has 7 nitrogen and oxygen atoms in total. The molecule has 0 saturated carbocycles. The molecule has 3 aromatic rings. The molecule has 0 radical (unpaired) electrons. The molecule has 1 saturated heterocycles. The van der Waals surface area contributed by atoms with Gasteiger partial charge in [0.15, 0.2) is 15.3 Å². The van der Waals surface area contributed by atoms with Crippen LogP contribution in [0.15, 0.2) is 58.5 Å². The fourth-order valence-electron chi connectivity index (χ4n) is 4.18. The summed E-state index contributed by atoms with van der Waals surface area (Å²) in [5.41, 5.74) is 2.81. The summed E-state index contributed by atoms with van der Waals surface area (Å²) in [5.74, 6) is -0.113. The molecule has 2 aliphatic heterocycles. The Morgan fingerprint density at radius 1 is 1.06 bits per heavy atom. The number of hydrogen-bond donors (Lipinski definition) is 0. The molecular weight excluding hydrogens is 440 g/mol. The van der Waals surface area contributed by atoms with E-state index in [2.05, 4.69) is 9.98 Å². The highest BCUT2D eigenvalue weighted by atomic mass is 32.2. The molecule has 0 aliphatic carbocycles. The van der Waals surface area contributed by atoms with E-state index < -0.39 is 9.84 Å². The van der Waals surface area contributed by atoms with Gasteiger partial charge in [0.25, 0.3) is 0 Å². The first-order valence-electron chi connectivity index (χ1n) is 10.9. The van der Waals surface area contributed by atoms with Gasteiger partial charge in [0.05, 0.1) is 49.5 Å². The Labute approximate surface area is 191 Å². The summed E-state index contributed by atoms with van der Waals surface area (Å²) in [6.45, 7) is 2.09. The number of fused-ring (bicyclic) bond motifs is 2. The van der Waals surface area contributed by atoms with Crippen LogP contribution < -0.4 is 5.43 Å². The normalized spacial score (nSPS) is 18.7. The minimum absolute atomic E-state index is 0.0126. The van der Waals surface area contributed by atoms with Crippen molar-refractivity contribution in [2.75, 3.05) is 32.1 Å². The van der Waals surface area contributed by atoms with E-state index in [-0.39, 0.29) is 23.0 Å². The molecule has 1 atom stereocenters. The van der Waals surface area contributed by atoms with E-state index in [0.717, 1.165) is 16.5 Å². The van der Waals surface area contributed by atoms with E-state index in [0.29, 0.717) is 54.6 Å².